The van der Waals surface area contributed by atoms with E-state index in [9.17, 15) is 4.79 Å². The first-order chi connectivity index (χ1) is 11.5. The Hall–Kier alpha value is -2.40. The third-order valence-corrected chi connectivity index (χ3v) is 3.67. The molecule has 0 unspecified atom stereocenters. The first-order valence-corrected chi connectivity index (χ1v) is 8.02. The van der Waals surface area contributed by atoms with Gasteiger partial charge in [0.2, 0.25) is 5.91 Å². The van der Waals surface area contributed by atoms with Crippen LogP contribution in [0.25, 0.3) is 0 Å². The van der Waals surface area contributed by atoms with Crippen molar-refractivity contribution in [3.05, 3.63) is 47.0 Å². The van der Waals surface area contributed by atoms with E-state index in [1.807, 2.05) is 37.3 Å². The Balaban J connectivity index is 2.07. The lowest BCUT2D eigenvalue weighted by Gasteiger charge is -2.14. The van der Waals surface area contributed by atoms with Crippen molar-refractivity contribution in [3.8, 4) is 11.5 Å². The van der Waals surface area contributed by atoms with E-state index in [0.717, 1.165) is 16.9 Å². The number of benzene rings is 2. The summed E-state index contributed by atoms with van der Waals surface area (Å²) in [6, 6.07) is 11.1. The van der Waals surface area contributed by atoms with Crippen LogP contribution in [0, 0.1) is 0 Å². The second-order valence-electron chi connectivity index (χ2n) is 5.14. The fourth-order valence-electron chi connectivity index (χ4n) is 2.21. The van der Waals surface area contributed by atoms with Gasteiger partial charge in [-0.15, -0.1) is 0 Å². The van der Waals surface area contributed by atoms with Gasteiger partial charge in [-0.25, -0.2) is 0 Å². The average molecular weight is 349 g/mol. The molecule has 0 aliphatic rings. The Morgan fingerprint density at radius 2 is 1.79 bits per heavy atom. The maximum absolute atomic E-state index is 11.0. The molecule has 0 saturated heterocycles. The summed E-state index contributed by atoms with van der Waals surface area (Å²) in [4.78, 5) is 11.0. The largest absolute Gasteiger partial charge is 0.493 e. The summed E-state index contributed by atoms with van der Waals surface area (Å²) in [5, 5.41) is 6.63. The van der Waals surface area contributed by atoms with Crippen molar-refractivity contribution in [2.75, 3.05) is 24.4 Å². The van der Waals surface area contributed by atoms with E-state index in [1.165, 1.54) is 6.92 Å². The minimum Gasteiger partial charge on any atom is -0.493 e. The van der Waals surface area contributed by atoms with Gasteiger partial charge in [-0.3, -0.25) is 4.79 Å². The maximum Gasteiger partial charge on any atom is 0.221 e. The van der Waals surface area contributed by atoms with Crippen LogP contribution < -0.4 is 20.1 Å². The molecule has 0 aromatic heterocycles. The van der Waals surface area contributed by atoms with Crippen molar-refractivity contribution < 1.29 is 14.3 Å². The molecule has 2 N–H and O–H groups in total. The van der Waals surface area contributed by atoms with Gasteiger partial charge >= 0.3 is 0 Å². The van der Waals surface area contributed by atoms with Crippen LogP contribution in [0.1, 0.15) is 19.4 Å². The van der Waals surface area contributed by atoms with E-state index in [-0.39, 0.29) is 5.91 Å². The van der Waals surface area contributed by atoms with Gasteiger partial charge in [-0.1, -0.05) is 11.6 Å². The zero-order valence-electron chi connectivity index (χ0n) is 14.0. The predicted octanol–water partition coefficient (Wildman–Crippen LogP) is 4.32. The van der Waals surface area contributed by atoms with E-state index in [0.29, 0.717) is 29.7 Å². The minimum atomic E-state index is -0.0935. The summed E-state index contributed by atoms with van der Waals surface area (Å²) in [6.45, 7) is 4.48. The number of carbonyl (C=O) groups excluding carboxylic acids is 1. The van der Waals surface area contributed by atoms with Crippen LogP contribution in [-0.4, -0.2) is 19.6 Å². The highest BCUT2D eigenvalue weighted by molar-refractivity contribution is 6.31. The number of rotatable bonds is 7. The van der Waals surface area contributed by atoms with Crippen molar-refractivity contribution in [2.45, 2.75) is 20.4 Å². The SMILES string of the molecule is CCOc1cc(Cl)c(CNc2ccc(NC(C)=O)cc2)cc1OC. The average Bonchev–Trinajstić information content (AvgIpc) is 2.55. The van der Waals surface area contributed by atoms with Crippen LogP contribution in [0.2, 0.25) is 5.02 Å². The summed E-state index contributed by atoms with van der Waals surface area (Å²) in [5.41, 5.74) is 2.59. The monoisotopic (exact) mass is 348 g/mol. The number of carbonyl (C=O) groups is 1. The fourth-order valence-corrected chi connectivity index (χ4v) is 2.43. The number of hydrogen-bond donors (Lipinski definition) is 2. The Morgan fingerprint density at radius 1 is 1.12 bits per heavy atom. The number of amides is 1. The number of nitrogens with one attached hydrogen (secondary N) is 2. The van der Waals surface area contributed by atoms with Gasteiger partial charge in [0, 0.05) is 35.9 Å². The van der Waals surface area contributed by atoms with Gasteiger partial charge in [-0.2, -0.15) is 0 Å². The van der Waals surface area contributed by atoms with Crippen molar-refractivity contribution >= 4 is 28.9 Å². The lowest BCUT2D eigenvalue weighted by molar-refractivity contribution is -0.114. The summed E-state index contributed by atoms with van der Waals surface area (Å²) in [7, 11) is 1.60. The molecular weight excluding hydrogens is 328 g/mol. The topological polar surface area (TPSA) is 59.6 Å². The Bertz CT molecular complexity index is 702. The number of ether oxygens (including phenoxy) is 2. The molecule has 0 fully saturated rings. The van der Waals surface area contributed by atoms with Crippen LogP contribution in [0.5, 0.6) is 11.5 Å². The first-order valence-electron chi connectivity index (χ1n) is 7.64. The molecule has 2 aromatic rings. The van der Waals surface area contributed by atoms with Gasteiger partial charge in [0.25, 0.3) is 0 Å². The quantitative estimate of drug-likeness (QED) is 0.782. The van der Waals surface area contributed by atoms with Gasteiger partial charge in [0.05, 0.1) is 13.7 Å². The molecule has 24 heavy (non-hydrogen) atoms. The van der Waals surface area contributed by atoms with Gasteiger partial charge < -0.3 is 20.1 Å². The highest BCUT2D eigenvalue weighted by Crippen LogP contribution is 2.33. The Morgan fingerprint density at radius 3 is 2.38 bits per heavy atom. The zero-order chi connectivity index (χ0) is 17.5. The highest BCUT2D eigenvalue weighted by Gasteiger charge is 2.10. The van der Waals surface area contributed by atoms with Crippen molar-refractivity contribution in [1.82, 2.24) is 0 Å². The smallest absolute Gasteiger partial charge is 0.221 e. The number of hydrogen-bond acceptors (Lipinski definition) is 4. The van der Waals surface area contributed by atoms with E-state index in [1.54, 1.807) is 13.2 Å². The molecule has 2 aromatic carbocycles. The summed E-state index contributed by atoms with van der Waals surface area (Å²) in [6.07, 6.45) is 0. The van der Waals surface area contributed by atoms with Crippen LogP contribution in [0.3, 0.4) is 0 Å². The number of methoxy groups -OCH3 is 1. The molecule has 0 saturated carbocycles. The van der Waals surface area contributed by atoms with Gasteiger partial charge in [0.1, 0.15) is 0 Å². The molecule has 0 aliphatic heterocycles. The molecule has 2 rings (SSSR count). The molecule has 6 heteroatoms. The normalized spacial score (nSPS) is 10.2. The van der Waals surface area contributed by atoms with E-state index >= 15 is 0 Å². The minimum absolute atomic E-state index is 0.0935. The predicted molar refractivity (Wildman–Crippen MR) is 97.2 cm³/mol. The van der Waals surface area contributed by atoms with E-state index in [2.05, 4.69) is 10.6 Å². The first kappa shape index (κ1) is 17.9. The molecule has 0 atom stereocenters. The third-order valence-electron chi connectivity index (χ3n) is 3.32. The number of halogens is 1. The highest BCUT2D eigenvalue weighted by atomic mass is 35.5. The van der Waals surface area contributed by atoms with Gasteiger partial charge in [0.15, 0.2) is 11.5 Å². The molecule has 0 bridgehead atoms. The summed E-state index contributed by atoms with van der Waals surface area (Å²) < 4.78 is 10.9. The van der Waals surface area contributed by atoms with Gasteiger partial charge in [-0.05, 0) is 42.8 Å². The van der Waals surface area contributed by atoms with Crippen LogP contribution >= 0.6 is 11.6 Å². The number of anilines is 2. The Kier molecular flexibility index (Phi) is 6.32. The van der Waals surface area contributed by atoms with E-state index < -0.39 is 0 Å². The summed E-state index contributed by atoms with van der Waals surface area (Å²) >= 11 is 6.32. The molecule has 0 radical (unpaired) electrons. The molecule has 128 valence electrons. The lowest BCUT2D eigenvalue weighted by atomic mass is 10.2. The van der Waals surface area contributed by atoms with E-state index in [4.69, 9.17) is 21.1 Å². The molecule has 0 aliphatic carbocycles. The third kappa shape index (κ3) is 4.80. The molecule has 1 amide bonds. The lowest BCUT2D eigenvalue weighted by Crippen LogP contribution is -2.06. The van der Waals surface area contributed by atoms with Crippen LogP contribution in [-0.2, 0) is 11.3 Å². The Labute approximate surface area is 146 Å². The maximum atomic E-state index is 11.0. The molecule has 0 spiro atoms. The second-order valence-corrected chi connectivity index (χ2v) is 5.55. The van der Waals surface area contributed by atoms with Crippen molar-refractivity contribution in [2.24, 2.45) is 0 Å². The molecule has 0 heterocycles. The van der Waals surface area contributed by atoms with Crippen molar-refractivity contribution in [1.29, 1.82) is 0 Å². The standard InChI is InChI=1S/C18H21ClN2O3/c1-4-24-18-10-16(19)13(9-17(18)23-3)11-20-14-5-7-15(8-6-14)21-12(2)22/h5-10,20H,4,11H2,1-3H3,(H,21,22). The fraction of sp³-hybridized carbons (Fsp3) is 0.278. The van der Waals surface area contributed by atoms with Crippen molar-refractivity contribution in [3.63, 3.8) is 0 Å². The second kappa shape index (κ2) is 8.45. The molecular formula is C18H21ClN2O3. The zero-order valence-corrected chi connectivity index (χ0v) is 14.7. The summed E-state index contributed by atoms with van der Waals surface area (Å²) in [5.74, 6) is 1.19. The molecule has 5 nitrogen and oxygen atoms in total. The van der Waals surface area contributed by atoms with Crippen LogP contribution in [0.15, 0.2) is 36.4 Å². The van der Waals surface area contributed by atoms with Crippen LogP contribution in [0.4, 0.5) is 11.4 Å².